The largest absolute Gasteiger partial charge is 0.385 e. The lowest BCUT2D eigenvalue weighted by molar-refractivity contribution is -0.0863. The Morgan fingerprint density at radius 3 is 2.33 bits per heavy atom. The van der Waals surface area contributed by atoms with Crippen molar-refractivity contribution >= 4 is 27.5 Å². The van der Waals surface area contributed by atoms with Gasteiger partial charge in [0, 0.05) is 27.0 Å². The van der Waals surface area contributed by atoms with E-state index in [1.165, 1.54) is 19.3 Å². The Hall–Kier alpha value is -0.0900. The van der Waals surface area contributed by atoms with E-state index in [0.717, 1.165) is 35.7 Å². The summed E-state index contributed by atoms with van der Waals surface area (Å²) in [5, 5.41) is 12.0. The van der Waals surface area contributed by atoms with E-state index in [4.69, 9.17) is 17.3 Å². The van der Waals surface area contributed by atoms with E-state index >= 15 is 0 Å². The minimum absolute atomic E-state index is 0.287. The van der Waals surface area contributed by atoms with Crippen LogP contribution in [0.4, 0.5) is 0 Å². The van der Waals surface area contributed by atoms with Gasteiger partial charge in [-0.25, -0.2) is 0 Å². The van der Waals surface area contributed by atoms with E-state index in [1.807, 2.05) is 25.1 Å². The van der Waals surface area contributed by atoms with Crippen molar-refractivity contribution in [3.05, 3.63) is 33.3 Å². The first-order chi connectivity index (χ1) is 9.93. The van der Waals surface area contributed by atoms with Gasteiger partial charge in [0.15, 0.2) is 0 Å². The maximum Gasteiger partial charge on any atom is 0.0950 e. The third kappa shape index (κ3) is 3.47. The van der Waals surface area contributed by atoms with Gasteiger partial charge in [0.25, 0.3) is 0 Å². The van der Waals surface area contributed by atoms with Gasteiger partial charge >= 0.3 is 0 Å². The fourth-order valence-corrected chi connectivity index (χ4v) is 4.50. The first-order valence-electron chi connectivity index (χ1n) is 7.81. The molecule has 3 N–H and O–H groups in total. The van der Waals surface area contributed by atoms with Crippen LogP contribution in [0, 0.1) is 5.41 Å². The van der Waals surface area contributed by atoms with Crippen molar-refractivity contribution in [2.75, 3.05) is 6.54 Å². The molecule has 1 unspecified atom stereocenters. The van der Waals surface area contributed by atoms with E-state index in [2.05, 4.69) is 15.9 Å². The molecule has 1 aliphatic carbocycles. The molecule has 1 atom stereocenters. The molecule has 1 fully saturated rings. The van der Waals surface area contributed by atoms with Gasteiger partial charge < -0.3 is 10.8 Å². The Morgan fingerprint density at radius 2 is 1.81 bits per heavy atom. The molecule has 0 radical (unpaired) electrons. The molecule has 118 valence electrons. The van der Waals surface area contributed by atoms with Crippen molar-refractivity contribution < 1.29 is 5.11 Å². The average Bonchev–Trinajstić information content (AvgIpc) is 2.38. The van der Waals surface area contributed by atoms with Gasteiger partial charge in [0.2, 0.25) is 0 Å². The lowest BCUT2D eigenvalue weighted by Crippen LogP contribution is -2.49. The number of halogens is 2. The minimum atomic E-state index is -1.00. The molecule has 0 heterocycles. The van der Waals surface area contributed by atoms with Gasteiger partial charge in [-0.05, 0) is 31.9 Å². The quantitative estimate of drug-likeness (QED) is 0.782. The van der Waals surface area contributed by atoms with Crippen LogP contribution in [-0.4, -0.2) is 11.7 Å². The highest BCUT2D eigenvalue weighted by Crippen LogP contribution is 2.49. The first-order valence-corrected chi connectivity index (χ1v) is 8.98. The molecule has 0 amide bonds. The smallest absolute Gasteiger partial charge is 0.0950 e. The third-order valence-corrected chi connectivity index (χ3v) is 6.00. The second kappa shape index (κ2) is 6.99. The SMILES string of the molecule is CC(O)(c1ccc(Br)cc1Cl)C1(CN)CCCCCCC1. The summed E-state index contributed by atoms with van der Waals surface area (Å²) < 4.78 is 0.923. The van der Waals surface area contributed by atoms with Crippen LogP contribution >= 0.6 is 27.5 Å². The molecule has 1 aromatic carbocycles. The Balaban J connectivity index is 2.41. The summed E-state index contributed by atoms with van der Waals surface area (Å²) in [4.78, 5) is 0. The molecule has 0 saturated heterocycles. The lowest BCUT2D eigenvalue weighted by Gasteiger charge is -2.47. The maximum atomic E-state index is 11.4. The topological polar surface area (TPSA) is 46.2 Å². The normalized spacial score (nSPS) is 22.1. The van der Waals surface area contributed by atoms with Crippen molar-refractivity contribution in [3.63, 3.8) is 0 Å². The molecular formula is C17H25BrClNO. The molecule has 21 heavy (non-hydrogen) atoms. The summed E-state index contributed by atoms with van der Waals surface area (Å²) >= 11 is 9.82. The zero-order chi connectivity index (χ0) is 15.5. The lowest BCUT2D eigenvalue weighted by atomic mass is 9.63. The molecular weight excluding hydrogens is 350 g/mol. The molecule has 2 nitrogen and oxygen atoms in total. The molecule has 2 rings (SSSR count). The molecule has 0 aliphatic heterocycles. The summed E-state index contributed by atoms with van der Waals surface area (Å²) in [5.74, 6) is 0. The molecule has 1 saturated carbocycles. The number of benzene rings is 1. The van der Waals surface area contributed by atoms with E-state index < -0.39 is 5.60 Å². The van der Waals surface area contributed by atoms with Crippen molar-refractivity contribution in [3.8, 4) is 0 Å². The number of rotatable bonds is 3. The van der Waals surface area contributed by atoms with Crippen molar-refractivity contribution in [1.29, 1.82) is 0 Å². The van der Waals surface area contributed by atoms with Crippen LogP contribution in [0.25, 0.3) is 0 Å². The number of hydrogen-bond acceptors (Lipinski definition) is 2. The highest BCUT2D eigenvalue weighted by Gasteiger charge is 2.47. The summed E-state index contributed by atoms with van der Waals surface area (Å²) in [6.45, 7) is 2.38. The highest BCUT2D eigenvalue weighted by molar-refractivity contribution is 9.10. The van der Waals surface area contributed by atoms with Gasteiger partial charge in [-0.3, -0.25) is 0 Å². The highest BCUT2D eigenvalue weighted by atomic mass is 79.9. The van der Waals surface area contributed by atoms with Crippen LogP contribution < -0.4 is 5.73 Å². The third-order valence-electron chi connectivity index (χ3n) is 5.19. The molecule has 1 aliphatic rings. The fourth-order valence-electron chi connectivity index (χ4n) is 3.64. The first kappa shape index (κ1) is 17.3. The van der Waals surface area contributed by atoms with Crippen LogP contribution in [0.1, 0.15) is 57.4 Å². The Labute approximate surface area is 141 Å². The molecule has 0 aromatic heterocycles. The Bertz CT molecular complexity index is 482. The predicted molar refractivity (Wildman–Crippen MR) is 92.5 cm³/mol. The standard InChI is InChI=1S/C17H25BrClNO/c1-16(21,14-8-7-13(18)11-15(14)19)17(12-20)9-5-3-2-4-6-10-17/h7-8,11,21H,2-6,9-10,12,20H2,1H3. The zero-order valence-electron chi connectivity index (χ0n) is 12.7. The van der Waals surface area contributed by atoms with E-state index in [0.29, 0.717) is 11.6 Å². The van der Waals surface area contributed by atoms with E-state index in [1.54, 1.807) is 0 Å². The second-order valence-corrected chi connectivity index (χ2v) is 7.77. The molecule has 4 heteroatoms. The van der Waals surface area contributed by atoms with Crippen molar-refractivity contribution in [2.24, 2.45) is 11.1 Å². The van der Waals surface area contributed by atoms with Gasteiger partial charge in [-0.15, -0.1) is 0 Å². The van der Waals surface area contributed by atoms with E-state index in [9.17, 15) is 5.11 Å². The fraction of sp³-hybridized carbons (Fsp3) is 0.647. The zero-order valence-corrected chi connectivity index (χ0v) is 15.0. The number of aliphatic hydroxyl groups is 1. The summed E-state index contributed by atoms with van der Waals surface area (Å²) in [7, 11) is 0. The second-order valence-electron chi connectivity index (χ2n) is 6.45. The van der Waals surface area contributed by atoms with Crippen molar-refractivity contribution in [1.82, 2.24) is 0 Å². The number of nitrogens with two attached hydrogens (primary N) is 1. The minimum Gasteiger partial charge on any atom is -0.385 e. The Kier molecular flexibility index (Phi) is 5.75. The molecule has 0 bridgehead atoms. The van der Waals surface area contributed by atoms with Crippen LogP contribution in [0.3, 0.4) is 0 Å². The summed E-state index contributed by atoms with van der Waals surface area (Å²) in [6.07, 6.45) is 7.93. The monoisotopic (exact) mass is 373 g/mol. The predicted octanol–water partition coefficient (Wildman–Crippen LogP) is 5.00. The van der Waals surface area contributed by atoms with Crippen LogP contribution in [0.5, 0.6) is 0 Å². The number of hydrogen-bond donors (Lipinski definition) is 2. The van der Waals surface area contributed by atoms with Gasteiger partial charge in [-0.1, -0.05) is 65.7 Å². The van der Waals surface area contributed by atoms with Gasteiger partial charge in [0.05, 0.1) is 5.60 Å². The summed E-state index contributed by atoms with van der Waals surface area (Å²) in [5.41, 5.74) is 5.65. The molecule has 1 aromatic rings. The molecule has 0 spiro atoms. The van der Waals surface area contributed by atoms with Crippen LogP contribution in [0.15, 0.2) is 22.7 Å². The Morgan fingerprint density at radius 1 is 1.24 bits per heavy atom. The van der Waals surface area contributed by atoms with E-state index in [-0.39, 0.29) is 5.41 Å². The summed E-state index contributed by atoms with van der Waals surface area (Å²) in [6, 6.07) is 5.70. The van der Waals surface area contributed by atoms with Crippen molar-refractivity contribution in [2.45, 2.75) is 57.5 Å². The van der Waals surface area contributed by atoms with Crippen LogP contribution in [0.2, 0.25) is 5.02 Å². The maximum absolute atomic E-state index is 11.4. The van der Waals surface area contributed by atoms with Crippen LogP contribution in [-0.2, 0) is 5.60 Å². The average molecular weight is 375 g/mol. The van der Waals surface area contributed by atoms with Gasteiger partial charge in [0.1, 0.15) is 0 Å². The van der Waals surface area contributed by atoms with Gasteiger partial charge in [-0.2, -0.15) is 0 Å².